The van der Waals surface area contributed by atoms with Crippen molar-refractivity contribution in [3.05, 3.63) is 34.6 Å². The van der Waals surface area contributed by atoms with Crippen molar-refractivity contribution >= 4 is 6.29 Å². The van der Waals surface area contributed by atoms with Crippen molar-refractivity contribution < 1.29 is 9.18 Å². The van der Waals surface area contributed by atoms with Crippen molar-refractivity contribution in [2.75, 3.05) is 6.54 Å². The molecule has 17 heavy (non-hydrogen) atoms. The van der Waals surface area contributed by atoms with Crippen molar-refractivity contribution in [1.82, 2.24) is 5.32 Å². The van der Waals surface area contributed by atoms with E-state index in [4.69, 9.17) is 0 Å². The lowest BCUT2D eigenvalue weighted by Crippen LogP contribution is -2.35. The molecule has 1 fully saturated rings. The zero-order valence-electron chi connectivity index (χ0n) is 10.1. The third kappa shape index (κ3) is 2.91. The maximum absolute atomic E-state index is 13.5. The fourth-order valence-electron chi connectivity index (χ4n) is 2.40. The first-order valence-electron chi connectivity index (χ1n) is 6.18. The van der Waals surface area contributed by atoms with Crippen LogP contribution in [0.2, 0.25) is 0 Å². The molecule has 0 aliphatic carbocycles. The van der Waals surface area contributed by atoms with Gasteiger partial charge in [0.15, 0.2) is 0 Å². The summed E-state index contributed by atoms with van der Waals surface area (Å²) in [6.07, 6.45) is 5.09. The highest BCUT2D eigenvalue weighted by molar-refractivity contribution is 5.77. The molecule has 0 amide bonds. The number of hydrogen-bond donors (Lipinski definition) is 1. The number of rotatable bonds is 3. The molecule has 1 atom stereocenters. The van der Waals surface area contributed by atoms with Crippen LogP contribution in [0.4, 0.5) is 4.39 Å². The highest BCUT2D eigenvalue weighted by atomic mass is 19.1. The first kappa shape index (κ1) is 12.2. The van der Waals surface area contributed by atoms with E-state index in [0.717, 1.165) is 31.2 Å². The Morgan fingerprint density at radius 3 is 2.94 bits per heavy atom. The summed E-state index contributed by atoms with van der Waals surface area (Å²) < 4.78 is 13.5. The lowest BCUT2D eigenvalue weighted by molar-refractivity contribution is 0.112. The number of aldehydes is 1. The highest BCUT2D eigenvalue weighted by Crippen LogP contribution is 2.18. The molecule has 0 bridgehead atoms. The van der Waals surface area contributed by atoms with Gasteiger partial charge in [-0.25, -0.2) is 4.39 Å². The zero-order valence-corrected chi connectivity index (χ0v) is 10.1. The van der Waals surface area contributed by atoms with E-state index in [1.807, 2.05) is 0 Å². The molecule has 2 nitrogen and oxygen atoms in total. The second kappa shape index (κ2) is 5.41. The van der Waals surface area contributed by atoms with Gasteiger partial charge in [-0.1, -0.05) is 6.42 Å². The predicted octanol–water partition coefficient (Wildman–Crippen LogP) is 2.63. The molecule has 0 saturated carbocycles. The van der Waals surface area contributed by atoms with Crippen LogP contribution in [0.5, 0.6) is 0 Å². The van der Waals surface area contributed by atoms with E-state index in [-0.39, 0.29) is 5.82 Å². The second-order valence-electron chi connectivity index (χ2n) is 4.77. The Bertz CT molecular complexity index is 411. The van der Waals surface area contributed by atoms with Crippen LogP contribution >= 0.6 is 0 Å². The van der Waals surface area contributed by atoms with Gasteiger partial charge in [-0.3, -0.25) is 4.79 Å². The lowest BCUT2D eigenvalue weighted by atomic mass is 9.94. The molecule has 1 aromatic carbocycles. The average Bonchev–Trinajstić information content (AvgIpc) is 2.35. The number of carbonyl (C=O) groups is 1. The molecular formula is C14H18FNO. The molecule has 92 valence electrons. The molecule has 1 N–H and O–H groups in total. The van der Waals surface area contributed by atoms with Gasteiger partial charge in [-0.05, 0) is 56.0 Å². The van der Waals surface area contributed by atoms with Gasteiger partial charge >= 0.3 is 0 Å². The van der Waals surface area contributed by atoms with Crippen LogP contribution in [-0.2, 0) is 6.42 Å². The Morgan fingerprint density at radius 1 is 1.47 bits per heavy atom. The van der Waals surface area contributed by atoms with Gasteiger partial charge in [0.1, 0.15) is 12.1 Å². The summed E-state index contributed by atoms with van der Waals surface area (Å²) in [6, 6.07) is 3.53. The summed E-state index contributed by atoms with van der Waals surface area (Å²) in [5, 5.41) is 3.41. The summed E-state index contributed by atoms with van der Waals surface area (Å²) in [7, 11) is 0. The SMILES string of the molecule is Cc1cc(C=O)c(CC2CCCCN2)cc1F. The lowest BCUT2D eigenvalue weighted by Gasteiger charge is -2.24. The molecule has 1 heterocycles. The van der Waals surface area contributed by atoms with Crippen LogP contribution in [0, 0.1) is 12.7 Å². The van der Waals surface area contributed by atoms with Gasteiger partial charge in [-0.15, -0.1) is 0 Å². The monoisotopic (exact) mass is 235 g/mol. The molecule has 1 aliphatic heterocycles. The molecule has 2 rings (SSSR count). The zero-order chi connectivity index (χ0) is 12.3. The maximum Gasteiger partial charge on any atom is 0.150 e. The molecule has 0 spiro atoms. The molecule has 3 heteroatoms. The van der Waals surface area contributed by atoms with Crippen LogP contribution in [-0.4, -0.2) is 18.9 Å². The predicted molar refractivity (Wildman–Crippen MR) is 65.9 cm³/mol. The van der Waals surface area contributed by atoms with Crippen molar-refractivity contribution in [3.8, 4) is 0 Å². The molecule has 1 aromatic rings. The quantitative estimate of drug-likeness (QED) is 0.816. The van der Waals surface area contributed by atoms with Gasteiger partial charge in [0.2, 0.25) is 0 Å². The van der Waals surface area contributed by atoms with Gasteiger partial charge in [0, 0.05) is 11.6 Å². The number of aryl methyl sites for hydroxylation is 1. The second-order valence-corrected chi connectivity index (χ2v) is 4.77. The third-order valence-corrected chi connectivity index (χ3v) is 3.43. The molecule has 0 aromatic heterocycles. The Morgan fingerprint density at radius 2 is 2.29 bits per heavy atom. The van der Waals surface area contributed by atoms with E-state index < -0.39 is 0 Å². The van der Waals surface area contributed by atoms with Gasteiger partial charge < -0.3 is 5.32 Å². The van der Waals surface area contributed by atoms with E-state index in [2.05, 4.69) is 5.32 Å². The molecule has 1 aliphatic rings. The first-order valence-corrected chi connectivity index (χ1v) is 6.18. The number of nitrogens with one attached hydrogen (secondary N) is 1. The first-order chi connectivity index (χ1) is 8.20. The summed E-state index contributed by atoms with van der Waals surface area (Å²) in [5.41, 5.74) is 1.98. The highest BCUT2D eigenvalue weighted by Gasteiger charge is 2.16. The minimum absolute atomic E-state index is 0.221. The normalized spacial score (nSPS) is 20.2. The third-order valence-electron chi connectivity index (χ3n) is 3.43. The molecule has 1 unspecified atom stereocenters. The van der Waals surface area contributed by atoms with E-state index >= 15 is 0 Å². The van der Waals surface area contributed by atoms with E-state index in [1.165, 1.54) is 18.9 Å². The van der Waals surface area contributed by atoms with E-state index in [0.29, 0.717) is 17.2 Å². The van der Waals surface area contributed by atoms with Crippen LogP contribution in [0.15, 0.2) is 12.1 Å². The summed E-state index contributed by atoms with van der Waals surface area (Å²) in [4.78, 5) is 11.0. The Kier molecular flexibility index (Phi) is 3.89. The van der Waals surface area contributed by atoms with Gasteiger partial charge in [0.25, 0.3) is 0 Å². The van der Waals surface area contributed by atoms with Crippen molar-refractivity contribution in [2.45, 2.75) is 38.6 Å². The number of piperidine rings is 1. The molecule has 1 saturated heterocycles. The largest absolute Gasteiger partial charge is 0.314 e. The van der Waals surface area contributed by atoms with Crippen molar-refractivity contribution in [3.63, 3.8) is 0 Å². The van der Waals surface area contributed by atoms with E-state index in [1.54, 1.807) is 13.0 Å². The van der Waals surface area contributed by atoms with E-state index in [9.17, 15) is 9.18 Å². The molecule has 0 radical (unpaired) electrons. The maximum atomic E-state index is 13.5. The summed E-state index contributed by atoms with van der Waals surface area (Å²) >= 11 is 0. The smallest absolute Gasteiger partial charge is 0.150 e. The Hall–Kier alpha value is -1.22. The van der Waals surface area contributed by atoms with Gasteiger partial charge in [-0.2, -0.15) is 0 Å². The fourth-order valence-corrected chi connectivity index (χ4v) is 2.40. The van der Waals surface area contributed by atoms with Crippen LogP contribution in [0.25, 0.3) is 0 Å². The van der Waals surface area contributed by atoms with Crippen molar-refractivity contribution in [1.29, 1.82) is 0 Å². The topological polar surface area (TPSA) is 29.1 Å². The van der Waals surface area contributed by atoms with Crippen LogP contribution < -0.4 is 5.32 Å². The van der Waals surface area contributed by atoms with Crippen LogP contribution in [0.1, 0.15) is 40.7 Å². The van der Waals surface area contributed by atoms with Crippen LogP contribution in [0.3, 0.4) is 0 Å². The molecular weight excluding hydrogens is 217 g/mol. The Balaban J connectivity index is 2.18. The number of benzene rings is 1. The number of carbonyl (C=O) groups excluding carboxylic acids is 1. The standard InChI is InChI=1S/C14H18FNO/c1-10-6-12(9-17)11(8-14(10)15)7-13-4-2-3-5-16-13/h6,8-9,13,16H,2-5,7H2,1H3. The Labute approximate surface area is 101 Å². The number of halogens is 1. The number of hydrogen-bond acceptors (Lipinski definition) is 2. The van der Waals surface area contributed by atoms with Gasteiger partial charge in [0.05, 0.1) is 0 Å². The summed E-state index contributed by atoms with van der Waals surface area (Å²) in [6.45, 7) is 2.71. The average molecular weight is 235 g/mol. The minimum atomic E-state index is -0.221. The van der Waals surface area contributed by atoms with Crippen molar-refractivity contribution in [2.24, 2.45) is 0 Å². The fraction of sp³-hybridized carbons (Fsp3) is 0.500. The summed E-state index contributed by atoms with van der Waals surface area (Å²) in [5.74, 6) is -0.221. The minimum Gasteiger partial charge on any atom is -0.314 e.